The number of hydrogen-bond donors (Lipinski definition) is 4. The fraction of sp³-hybridized carbons (Fsp3) is 1.00. The lowest BCUT2D eigenvalue weighted by Crippen LogP contribution is -2.43. The summed E-state index contributed by atoms with van der Waals surface area (Å²) in [5, 5.41) is 20.7. The highest BCUT2D eigenvalue weighted by atomic mass is 16.4. The third-order valence-electron chi connectivity index (χ3n) is 2.80. The standard InChI is InChI=1S/C9H21BN2O2/c11-8-4-6-12-9(7-8)3-1-2-5-10(13)14/h8-9,12-14H,1-7,11H2. The van der Waals surface area contributed by atoms with E-state index in [4.69, 9.17) is 15.8 Å². The fourth-order valence-electron chi connectivity index (χ4n) is 1.98. The van der Waals surface area contributed by atoms with E-state index < -0.39 is 7.12 Å². The lowest BCUT2D eigenvalue weighted by Gasteiger charge is -2.28. The number of nitrogens with two attached hydrogens (primary N) is 1. The van der Waals surface area contributed by atoms with Crippen LogP contribution in [-0.4, -0.2) is 35.8 Å². The quantitative estimate of drug-likeness (QED) is 0.363. The predicted molar refractivity (Wildman–Crippen MR) is 57.8 cm³/mol. The molecule has 1 aliphatic heterocycles. The molecule has 1 fully saturated rings. The molecule has 0 saturated carbocycles. The Balaban J connectivity index is 2.00. The van der Waals surface area contributed by atoms with Gasteiger partial charge < -0.3 is 21.1 Å². The minimum atomic E-state index is -1.14. The molecule has 1 heterocycles. The van der Waals surface area contributed by atoms with E-state index in [1.165, 1.54) is 0 Å². The van der Waals surface area contributed by atoms with E-state index in [0.717, 1.165) is 38.6 Å². The van der Waals surface area contributed by atoms with Crippen LogP contribution < -0.4 is 11.1 Å². The van der Waals surface area contributed by atoms with Crippen LogP contribution in [0.15, 0.2) is 0 Å². The van der Waals surface area contributed by atoms with Crippen LogP contribution in [0.2, 0.25) is 6.32 Å². The minimum Gasteiger partial charge on any atom is -0.427 e. The van der Waals surface area contributed by atoms with Crippen LogP contribution in [0, 0.1) is 0 Å². The van der Waals surface area contributed by atoms with Gasteiger partial charge in [-0.2, -0.15) is 0 Å². The number of piperidine rings is 1. The van der Waals surface area contributed by atoms with Crippen LogP contribution in [0.3, 0.4) is 0 Å². The van der Waals surface area contributed by atoms with Crippen LogP contribution in [0.1, 0.15) is 32.1 Å². The molecule has 82 valence electrons. The first-order valence-electron chi connectivity index (χ1n) is 5.53. The summed E-state index contributed by atoms with van der Waals surface area (Å²) in [6.07, 6.45) is 5.64. The van der Waals surface area contributed by atoms with Gasteiger partial charge in [-0.1, -0.05) is 12.8 Å². The number of hydrogen-bond acceptors (Lipinski definition) is 4. The molecule has 2 unspecified atom stereocenters. The molecule has 0 aromatic rings. The van der Waals surface area contributed by atoms with Crippen molar-refractivity contribution >= 4 is 7.12 Å². The molecule has 0 radical (unpaired) electrons. The average Bonchev–Trinajstić information content (AvgIpc) is 2.12. The van der Waals surface area contributed by atoms with Gasteiger partial charge in [-0.15, -0.1) is 0 Å². The molecule has 0 aromatic carbocycles. The second kappa shape index (κ2) is 6.40. The van der Waals surface area contributed by atoms with E-state index in [1.807, 2.05) is 0 Å². The molecule has 5 heteroatoms. The Morgan fingerprint density at radius 3 is 2.79 bits per heavy atom. The van der Waals surface area contributed by atoms with Crippen LogP contribution in [0.5, 0.6) is 0 Å². The van der Waals surface area contributed by atoms with Gasteiger partial charge in [0.25, 0.3) is 0 Å². The summed E-state index contributed by atoms with van der Waals surface area (Å²) in [6.45, 7) is 1.02. The zero-order chi connectivity index (χ0) is 10.4. The first-order chi connectivity index (χ1) is 6.68. The molecule has 0 bridgehead atoms. The summed E-state index contributed by atoms with van der Waals surface area (Å²) >= 11 is 0. The largest absolute Gasteiger partial charge is 0.451 e. The van der Waals surface area contributed by atoms with Gasteiger partial charge in [0.2, 0.25) is 0 Å². The topological polar surface area (TPSA) is 78.5 Å². The molecule has 0 amide bonds. The van der Waals surface area contributed by atoms with Crippen LogP contribution in [0.25, 0.3) is 0 Å². The van der Waals surface area contributed by atoms with Gasteiger partial charge in [0.05, 0.1) is 0 Å². The molecule has 2 atom stereocenters. The van der Waals surface area contributed by atoms with E-state index in [1.54, 1.807) is 0 Å². The molecule has 1 saturated heterocycles. The lowest BCUT2D eigenvalue weighted by molar-refractivity contribution is 0.338. The summed E-state index contributed by atoms with van der Waals surface area (Å²) < 4.78 is 0. The van der Waals surface area contributed by atoms with Crippen molar-refractivity contribution in [3.63, 3.8) is 0 Å². The summed E-state index contributed by atoms with van der Waals surface area (Å²) in [5.41, 5.74) is 5.86. The third-order valence-corrected chi connectivity index (χ3v) is 2.80. The molecule has 1 aliphatic rings. The minimum absolute atomic E-state index is 0.352. The van der Waals surface area contributed by atoms with Crippen LogP contribution in [0.4, 0.5) is 0 Å². The summed E-state index contributed by atoms with van der Waals surface area (Å²) in [7, 11) is -1.14. The second-order valence-electron chi connectivity index (χ2n) is 4.20. The smallest absolute Gasteiger partial charge is 0.427 e. The first-order valence-corrected chi connectivity index (χ1v) is 5.53. The summed E-state index contributed by atoms with van der Waals surface area (Å²) in [6, 6.07) is 0.888. The van der Waals surface area contributed by atoms with Gasteiger partial charge in [0.15, 0.2) is 0 Å². The predicted octanol–water partition coefficient (Wildman–Crippen LogP) is -0.291. The first kappa shape index (κ1) is 12.0. The van der Waals surface area contributed by atoms with E-state index in [9.17, 15) is 0 Å². The van der Waals surface area contributed by atoms with Gasteiger partial charge in [-0.3, -0.25) is 0 Å². The molecule has 0 aromatic heterocycles. The Morgan fingerprint density at radius 2 is 2.14 bits per heavy atom. The summed E-state index contributed by atoms with van der Waals surface area (Å²) in [5.74, 6) is 0. The zero-order valence-corrected chi connectivity index (χ0v) is 8.65. The van der Waals surface area contributed by atoms with Crippen molar-refractivity contribution in [3.05, 3.63) is 0 Å². The van der Waals surface area contributed by atoms with Gasteiger partial charge in [-0.25, -0.2) is 0 Å². The number of unbranched alkanes of at least 4 members (excludes halogenated alkanes) is 1. The SMILES string of the molecule is NC1CCNC(CCCCB(O)O)C1. The maximum absolute atomic E-state index is 8.65. The van der Waals surface area contributed by atoms with E-state index in [2.05, 4.69) is 5.32 Å². The average molecular weight is 200 g/mol. The Bertz CT molecular complexity index is 158. The lowest BCUT2D eigenvalue weighted by atomic mass is 9.83. The normalized spacial score (nSPS) is 27.6. The maximum Gasteiger partial charge on any atom is 0.451 e. The third kappa shape index (κ3) is 4.95. The van der Waals surface area contributed by atoms with E-state index in [0.29, 0.717) is 18.4 Å². The van der Waals surface area contributed by atoms with Gasteiger partial charge in [-0.05, 0) is 32.1 Å². The van der Waals surface area contributed by atoms with Gasteiger partial charge in [0.1, 0.15) is 0 Å². The molecule has 0 spiro atoms. The van der Waals surface area contributed by atoms with Gasteiger partial charge >= 0.3 is 7.12 Å². The molecule has 14 heavy (non-hydrogen) atoms. The summed E-state index contributed by atoms with van der Waals surface area (Å²) in [4.78, 5) is 0. The second-order valence-corrected chi connectivity index (χ2v) is 4.20. The van der Waals surface area contributed by atoms with E-state index in [-0.39, 0.29) is 0 Å². The molecule has 1 rings (SSSR count). The van der Waals surface area contributed by atoms with Crippen molar-refractivity contribution in [2.24, 2.45) is 5.73 Å². The molecular weight excluding hydrogens is 179 g/mol. The van der Waals surface area contributed by atoms with Crippen LogP contribution >= 0.6 is 0 Å². The van der Waals surface area contributed by atoms with Crippen LogP contribution in [-0.2, 0) is 0 Å². The molecular formula is C9H21BN2O2. The van der Waals surface area contributed by atoms with E-state index >= 15 is 0 Å². The maximum atomic E-state index is 8.65. The Labute approximate surface area is 86.0 Å². The van der Waals surface area contributed by atoms with Crippen molar-refractivity contribution in [1.82, 2.24) is 5.32 Å². The van der Waals surface area contributed by atoms with Crippen molar-refractivity contribution < 1.29 is 10.0 Å². The van der Waals surface area contributed by atoms with Crippen molar-refractivity contribution in [1.29, 1.82) is 0 Å². The van der Waals surface area contributed by atoms with Crippen molar-refractivity contribution in [3.8, 4) is 0 Å². The Kier molecular flexibility index (Phi) is 5.48. The fourth-order valence-corrected chi connectivity index (χ4v) is 1.98. The molecule has 5 N–H and O–H groups in total. The monoisotopic (exact) mass is 200 g/mol. The van der Waals surface area contributed by atoms with Gasteiger partial charge in [0, 0.05) is 12.1 Å². The highest BCUT2D eigenvalue weighted by Gasteiger charge is 2.17. The molecule has 0 aliphatic carbocycles. The number of nitrogens with one attached hydrogen (secondary N) is 1. The highest BCUT2D eigenvalue weighted by Crippen LogP contribution is 2.13. The Morgan fingerprint density at radius 1 is 1.36 bits per heavy atom. The number of rotatable bonds is 5. The molecule has 4 nitrogen and oxygen atoms in total. The zero-order valence-electron chi connectivity index (χ0n) is 8.65. The Hall–Kier alpha value is -0.0951. The van der Waals surface area contributed by atoms with Crippen molar-refractivity contribution in [2.45, 2.75) is 50.5 Å². The van der Waals surface area contributed by atoms with Crippen molar-refractivity contribution in [2.75, 3.05) is 6.54 Å². The highest BCUT2D eigenvalue weighted by molar-refractivity contribution is 6.40.